The van der Waals surface area contributed by atoms with Crippen LogP contribution in [0.25, 0.3) is 10.9 Å². The van der Waals surface area contributed by atoms with Gasteiger partial charge in [-0.1, -0.05) is 42.0 Å². The molecule has 0 unspecified atom stereocenters. The Balaban J connectivity index is 1.64. The highest BCUT2D eigenvalue weighted by Gasteiger charge is 2.24. The lowest BCUT2D eigenvalue weighted by molar-refractivity contribution is 0.0960. The molecule has 0 N–H and O–H groups in total. The Morgan fingerprint density at radius 3 is 2.39 bits per heavy atom. The smallest absolute Gasteiger partial charge is 0.270 e. The topological polar surface area (TPSA) is 59.4 Å². The van der Waals surface area contributed by atoms with E-state index in [1.165, 1.54) is 10.5 Å². The number of aromatic nitrogens is 1. The summed E-state index contributed by atoms with van der Waals surface area (Å²) >= 11 is 0. The maximum Gasteiger partial charge on any atom is 0.270 e. The van der Waals surface area contributed by atoms with Crippen LogP contribution in [0.1, 0.15) is 43.8 Å². The zero-order chi connectivity index (χ0) is 23.1. The van der Waals surface area contributed by atoms with Gasteiger partial charge in [0.25, 0.3) is 17.4 Å². The summed E-state index contributed by atoms with van der Waals surface area (Å²) in [5, 5.41) is 0.660. The number of amides is 1. The summed E-state index contributed by atoms with van der Waals surface area (Å²) in [6, 6.07) is 21.9. The summed E-state index contributed by atoms with van der Waals surface area (Å²) in [7, 11) is 1.63. The van der Waals surface area contributed by atoms with Gasteiger partial charge in [-0.05, 0) is 79.1 Å². The standard InChI is InChI=1S/C28H24N2O3/c1-18-10-14-23(15-11-18)29(2)27(32)24-17-21-6-3-4-9-25(21)30(28(24)33)26(31)22-13-12-19-7-5-8-20(19)16-22/h3-4,6,9-17H,5,7-8H2,1-2H3. The van der Waals surface area contributed by atoms with Crippen LogP contribution in [0, 0.1) is 6.92 Å². The number of nitrogens with zero attached hydrogens (tertiary/aromatic N) is 2. The Morgan fingerprint density at radius 1 is 0.879 bits per heavy atom. The van der Waals surface area contributed by atoms with Crippen molar-refractivity contribution in [1.29, 1.82) is 0 Å². The van der Waals surface area contributed by atoms with E-state index < -0.39 is 17.4 Å². The maximum atomic E-state index is 13.6. The van der Waals surface area contributed by atoms with E-state index in [9.17, 15) is 14.4 Å². The number of aryl methyl sites for hydroxylation is 3. The van der Waals surface area contributed by atoms with Crippen LogP contribution < -0.4 is 10.5 Å². The molecule has 0 radical (unpaired) electrons. The molecule has 5 heteroatoms. The van der Waals surface area contributed by atoms with Crippen LogP contribution in [0.15, 0.2) is 77.6 Å². The SMILES string of the molecule is Cc1ccc(N(C)C(=O)c2cc3ccccc3n(C(=O)c3ccc4c(c3)CCC4)c2=O)cc1. The van der Waals surface area contributed by atoms with Gasteiger partial charge in [-0.25, -0.2) is 4.57 Å². The third kappa shape index (κ3) is 3.65. The number of para-hydroxylation sites is 1. The van der Waals surface area contributed by atoms with E-state index in [0.29, 0.717) is 22.2 Å². The Kier molecular flexibility index (Phi) is 5.17. The molecule has 0 aliphatic heterocycles. The van der Waals surface area contributed by atoms with Gasteiger partial charge in [-0.3, -0.25) is 14.4 Å². The Bertz CT molecular complexity index is 1470. The molecule has 33 heavy (non-hydrogen) atoms. The van der Waals surface area contributed by atoms with Gasteiger partial charge in [-0.2, -0.15) is 0 Å². The van der Waals surface area contributed by atoms with Crippen molar-refractivity contribution in [3.63, 3.8) is 0 Å². The lowest BCUT2D eigenvalue weighted by atomic mass is 10.0. The number of carbonyl (C=O) groups excluding carboxylic acids is 2. The second kappa shape index (κ2) is 8.17. The van der Waals surface area contributed by atoms with Crippen molar-refractivity contribution in [2.24, 2.45) is 0 Å². The predicted octanol–water partition coefficient (Wildman–Crippen LogP) is 4.76. The monoisotopic (exact) mass is 436 g/mol. The van der Waals surface area contributed by atoms with Gasteiger partial charge in [0.2, 0.25) is 0 Å². The van der Waals surface area contributed by atoms with Crippen LogP contribution in [0.3, 0.4) is 0 Å². The minimum absolute atomic E-state index is 0.0358. The summed E-state index contributed by atoms with van der Waals surface area (Å²) in [4.78, 5) is 41.9. The van der Waals surface area contributed by atoms with Crippen molar-refractivity contribution in [2.45, 2.75) is 26.2 Å². The fourth-order valence-corrected chi connectivity index (χ4v) is 4.52. The van der Waals surface area contributed by atoms with E-state index in [2.05, 4.69) is 0 Å². The van der Waals surface area contributed by atoms with Crippen molar-refractivity contribution in [2.75, 3.05) is 11.9 Å². The van der Waals surface area contributed by atoms with Gasteiger partial charge >= 0.3 is 0 Å². The van der Waals surface area contributed by atoms with E-state index in [1.54, 1.807) is 31.3 Å². The largest absolute Gasteiger partial charge is 0.311 e. The average Bonchev–Trinajstić information content (AvgIpc) is 3.31. The number of rotatable bonds is 3. The predicted molar refractivity (Wildman–Crippen MR) is 130 cm³/mol. The lowest BCUT2D eigenvalue weighted by Gasteiger charge is -2.19. The number of pyridine rings is 1. The van der Waals surface area contributed by atoms with Crippen LogP contribution in [-0.4, -0.2) is 23.4 Å². The molecule has 0 fully saturated rings. The normalized spacial score (nSPS) is 12.5. The first kappa shape index (κ1) is 20.9. The van der Waals surface area contributed by atoms with E-state index in [-0.39, 0.29) is 5.56 Å². The molecule has 1 aliphatic rings. The van der Waals surface area contributed by atoms with E-state index >= 15 is 0 Å². The minimum Gasteiger partial charge on any atom is -0.311 e. The lowest BCUT2D eigenvalue weighted by Crippen LogP contribution is -2.37. The highest BCUT2D eigenvalue weighted by molar-refractivity contribution is 6.09. The molecule has 3 aromatic carbocycles. The van der Waals surface area contributed by atoms with Crippen molar-refractivity contribution in [3.8, 4) is 0 Å². The highest BCUT2D eigenvalue weighted by Crippen LogP contribution is 2.24. The molecule has 1 amide bonds. The number of hydrogen-bond acceptors (Lipinski definition) is 3. The summed E-state index contributed by atoms with van der Waals surface area (Å²) in [6.45, 7) is 1.97. The maximum absolute atomic E-state index is 13.6. The number of anilines is 1. The van der Waals surface area contributed by atoms with Crippen LogP contribution >= 0.6 is 0 Å². The number of carbonyl (C=O) groups is 2. The molecular formula is C28H24N2O3. The fourth-order valence-electron chi connectivity index (χ4n) is 4.52. The van der Waals surface area contributed by atoms with Gasteiger partial charge in [0.15, 0.2) is 0 Å². The van der Waals surface area contributed by atoms with Gasteiger partial charge in [0, 0.05) is 18.3 Å². The molecule has 1 heterocycles. The number of fused-ring (bicyclic) bond motifs is 2. The molecule has 5 nitrogen and oxygen atoms in total. The first-order valence-corrected chi connectivity index (χ1v) is 11.1. The molecule has 5 rings (SSSR count). The Labute approximate surface area is 191 Å². The molecule has 1 aliphatic carbocycles. The van der Waals surface area contributed by atoms with Crippen molar-refractivity contribution in [3.05, 3.63) is 111 Å². The zero-order valence-corrected chi connectivity index (χ0v) is 18.7. The number of hydrogen-bond donors (Lipinski definition) is 0. The summed E-state index contributed by atoms with van der Waals surface area (Å²) in [5.41, 5.74) is 4.47. The second-order valence-electron chi connectivity index (χ2n) is 8.60. The van der Waals surface area contributed by atoms with Gasteiger partial charge in [-0.15, -0.1) is 0 Å². The molecule has 4 aromatic rings. The summed E-state index contributed by atoms with van der Waals surface area (Å²) in [6.07, 6.45) is 3.03. The molecule has 0 spiro atoms. The zero-order valence-electron chi connectivity index (χ0n) is 18.7. The molecular weight excluding hydrogens is 412 g/mol. The molecule has 1 aromatic heterocycles. The number of benzene rings is 3. The van der Waals surface area contributed by atoms with Gasteiger partial charge in [0.05, 0.1) is 5.52 Å². The van der Waals surface area contributed by atoms with Crippen LogP contribution in [0.2, 0.25) is 0 Å². The quantitative estimate of drug-likeness (QED) is 0.465. The van der Waals surface area contributed by atoms with Crippen LogP contribution in [-0.2, 0) is 12.8 Å². The molecule has 0 saturated heterocycles. The fraction of sp³-hybridized carbons (Fsp3) is 0.179. The summed E-state index contributed by atoms with van der Waals surface area (Å²) < 4.78 is 1.14. The average molecular weight is 437 g/mol. The Hall–Kier alpha value is -3.99. The van der Waals surface area contributed by atoms with Crippen LogP contribution in [0.4, 0.5) is 5.69 Å². The molecule has 164 valence electrons. The minimum atomic E-state index is -0.608. The van der Waals surface area contributed by atoms with Crippen molar-refractivity contribution in [1.82, 2.24) is 4.57 Å². The first-order valence-electron chi connectivity index (χ1n) is 11.1. The Morgan fingerprint density at radius 2 is 1.61 bits per heavy atom. The second-order valence-corrected chi connectivity index (χ2v) is 8.60. The highest BCUT2D eigenvalue weighted by atomic mass is 16.2. The van der Waals surface area contributed by atoms with Gasteiger partial charge < -0.3 is 4.90 Å². The first-order chi connectivity index (χ1) is 15.9. The molecule has 0 bridgehead atoms. The summed E-state index contributed by atoms with van der Waals surface area (Å²) in [5.74, 6) is -0.872. The van der Waals surface area contributed by atoms with Gasteiger partial charge in [0.1, 0.15) is 5.56 Å². The third-order valence-corrected chi connectivity index (χ3v) is 6.42. The third-order valence-electron chi connectivity index (χ3n) is 6.42. The van der Waals surface area contributed by atoms with E-state index in [1.807, 2.05) is 55.5 Å². The molecule has 0 saturated carbocycles. The van der Waals surface area contributed by atoms with E-state index in [4.69, 9.17) is 0 Å². The van der Waals surface area contributed by atoms with Crippen molar-refractivity contribution < 1.29 is 9.59 Å². The van der Waals surface area contributed by atoms with Crippen molar-refractivity contribution >= 4 is 28.4 Å². The van der Waals surface area contributed by atoms with Crippen LogP contribution in [0.5, 0.6) is 0 Å². The molecule has 0 atom stereocenters. The van der Waals surface area contributed by atoms with E-state index in [0.717, 1.165) is 35.0 Å².